The van der Waals surface area contributed by atoms with Crippen LogP contribution in [0.2, 0.25) is 0 Å². The molecule has 1 N–H and O–H groups in total. The lowest BCUT2D eigenvalue weighted by Crippen LogP contribution is -2.06. The Morgan fingerprint density at radius 2 is 1.79 bits per heavy atom. The average molecular weight is 261 g/mol. The van der Waals surface area contributed by atoms with Gasteiger partial charge in [0.25, 0.3) is 0 Å². The highest BCUT2D eigenvalue weighted by molar-refractivity contribution is 5.54. The molecule has 1 heterocycles. The van der Waals surface area contributed by atoms with Crippen LogP contribution in [0.5, 0.6) is 11.5 Å². The minimum absolute atomic E-state index is 0.158. The third-order valence-electron chi connectivity index (χ3n) is 2.96. The van der Waals surface area contributed by atoms with Crippen LogP contribution >= 0.6 is 0 Å². The molecular formula is C14H19N3O2. The molecule has 19 heavy (non-hydrogen) atoms. The van der Waals surface area contributed by atoms with Gasteiger partial charge in [0.05, 0.1) is 26.5 Å². The Balaban J connectivity index is 2.18. The average Bonchev–Trinajstić information content (AvgIpc) is 2.85. The van der Waals surface area contributed by atoms with E-state index >= 15 is 0 Å². The van der Waals surface area contributed by atoms with Crippen molar-refractivity contribution in [2.24, 2.45) is 7.05 Å². The van der Waals surface area contributed by atoms with Crippen LogP contribution in [0.4, 0.5) is 5.69 Å². The zero-order valence-corrected chi connectivity index (χ0v) is 11.7. The van der Waals surface area contributed by atoms with Gasteiger partial charge in [-0.3, -0.25) is 4.68 Å². The van der Waals surface area contributed by atoms with E-state index in [2.05, 4.69) is 17.3 Å². The maximum atomic E-state index is 5.25. The number of hydrogen-bond acceptors (Lipinski definition) is 4. The SMILES string of the molecule is COc1cc(NC(C)c2cnn(C)c2)cc(OC)c1. The third kappa shape index (κ3) is 3.19. The van der Waals surface area contributed by atoms with Crippen molar-refractivity contribution in [3.05, 3.63) is 36.2 Å². The molecule has 0 spiro atoms. The number of aromatic nitrogens is 2. The summed E-state index contributed by atoms with van der Waals surface area (Å²) in [5.74, 6) is 1.53. The summed E-state index contributed by atoms with van der Waals surface area (Å²) in [6.07, 6.45) is 3.85. The van der Waals surface area contributed by atoms with Gasteiger partial charge in [0.2, 0.25) is 0 Å². The Kier molecular flexibility index (Phi) is 3.94. The Bertz CT molecular complexity index is 529. The summed E-state index contributed by atoms with van der Waals surface area (Å²) in [5, 5.41) is 7.58. The highest BCUT2D eigenvalue weighted by Gasteiger charge is 2.09. The first-order valence-corrected chi connectivity index (χ1v) is 6.10. The van der Waals surface area contributed by atoms with Crippen molar-refractivity contribution in [3.8, 4) is 11.5 Å². The number of methoxy groups -OCH3 is 2. The van der Waals surface area contributed by atoms with E-state index in [-0.39, 0.29) is 6.04 Å². The van der Waals surface area contributed by atoms with Gasteiger partial charge in [0.1, 0.15) is 11.5 Å². The van der Waals surface area contributed by atoms with E-state index in [1.165, 1.54) is 0 Å². The summed E-state index contributed by atoms with van der Waals surface area (Å²) < 4.78 is 12.3. The Hall–Kier alpha value is -2.17. The van der Waals surface area contributed by atoms with E-state index in [1.54, 1.807) is 18.9 Å². The van der Waals surface area contributed by atoms with E-state index < -0.39 is 0 Å². The number of ether oxygens (including phenoxy) is 2. The molecule has 0 fully saturated rings. The first kappa shape index (κ1) is 13.3. The second kappa shape index (κ2) is 5.65. The third-order valence-corrected chi connectivity index (χ3v) is 2.96. The van der Waals surface area contributed by atoms with Gasteiger partial charge >= 0.3 is 0 Å². The van der Waals surface area contributed by atoms with E-state index in [0.717, 1.165) is 22.7 Å². The molecule has 0 saturated carbocycles. The van der Waals surface area contributed by atoms with Gasteiger partial charge in [-0.05, 0) is 6.92 Å². The van der Waals surface area contributed by atoms with Gasteiger partial charge < -0.3 is 14.8 Å². The van der Waals surface area contributed by atoms with E-state index in [0.29, 0.717) is 0 Å². The number of rotatable bonds is 5. The Labute approximate surface area is 113 Å². The maximum absolute atomic E-state index is 5.25. The number of aryl methyl sites for hydroxylation is 1. The minimum atomic E-state index is 0.158. The summed E-state index contributed by atoms with van der Waals surface area (Å²) in [7, 11) is 5.19. The van der Waals surface area contributed by atoms with Crippen molar-refractivity contribution in [2.75, 3.05) is 19.5 Å². The monoisotopic (exact) mass is 261 g/mol. The first-order chi connectivity index (χ1) is 9.12. The van der Waals surface area contributed by atoms with Crippen LogP contribution in [0.3, 0.4) is 0 Å². The van der Waals surface area contributed by atoms with Gasteiger partial charge in [0, 0.05) is 42.7 Å². The van der Waals surface area contributed by atoms with Crippen molar-refractivity contribution in [1.82, 2.24) is 9.78 Å². The van der Waals surface area contributed by atoms with E-state index in [9.17, 15) is 0 Å². The van der Waals surface area contributed by atoms with Gasteiger partial charge in [0.15, 0.2) is 0 Å². The van der Waals surface area contributed by atoms with Crippen molar-refractivity contribution in [2.45, 2.75) is 13.0 Å². The lowest BCUT2D eigenvalue weighted by molar-refractivity contribution is 0.394. The van der Waals surface area contributed by atoms with Crippen LogP contribution in [-0.4, -0.2) is 24.0 Å². The number of benzene rings is 1. The fourth-order valence-electron chi connectivity index (χ4n) is 1.89. The summed E-state index contributed by atoms with van der Waals surface area (Å²) in [4.78, 5) is 0. The topological polar surface area (TPSA) is 48.3 Å². The summed E-state index contributed by atoms with van der Waals surface area (Å²) in [5.41, 5.74) is 2.08. The first-order valence-electron chi connectivity index (χ1n) is 6.10. The molecule has 0 bridgehead atoms. The highest BCUT2D eigenvalue weighted by atomic mass is 16.5. The summed E-state index contributed by atoms with van der Waals surface area (Å²) in [6.45, 7) is 2.09. The second-order valence-electron chi connectivity index (χ2n) is 4.41. The standard InChI is InChI=1S/C14H19N3O2/c1-10(11-8-15-17(2)9-11)16-12-5-13(18-3)7-14(6-12)19-4/h5-10,16H,1-4H3. The maximum Gasteiger partial charge on any atom is 0.124 e. The highest BCUT2D eigenvalue weighted by Crippen LogP contribution is 2.28. The van der Waals surface area contributed by atoms with Crippen LogP contribution in [0, 0.1) is 0 Å². The molecule has 1 unspecified atom stereocenters. The Morgan fingerprint density at radius 1 is 1.16 bits per heavy atom. The molecule has 1 aromatic carbocycles. The van der Waals surface area contributed by atoms with Crippen molar-refractivity contribution in [3.63, 3.8) is 0 Å². The van der Waals surface area contributed by atoms with Crippen LogP contribution in [0.15, 0.2) is 30.6 Å². The van der Waals surface area contributed by atoms with Crippen LogP contribution in [0.1, 0.15) is 18.5 Å². The lowest BCUT2D eigenvalue weighted by Gasteiger charge is -2.15. The molecule has 0 amide bonds. The number of nitrogens with one attached hydrogen (secondary N) is 1. The number of anilines is 1. The smallest absolute Gasteiger partial charge is 0.124 e. The lowest BCUT2D eigenvalue weighted by atomic mass is 10.1. The quantitative estimate of drug-likeness (QED) is 0.898. The van der Waals surface area contributed by atoms with Crippen molar-refractivity contribution < 1.29 is 9.47 Å². The largest absolute Gasteiger partial charge is 0.497 e. The molecule has 1 aromatic heterocycles. The van der Waals surface area contributed by atoms with Gasteiger partial charge in [-0.1, -0.05) is 0 Å². The number of hydrogen-bond donors (Lipinski definition) is 1. The van der Waals surface area contributed by atoms with Gasteiger partial charge in [-0.25, -0.2) is 0 Å². The van der Waals surface area contributed by atoms with Gasteiger partial charge in [-0.15, -0.1) is 0 Å². The second-order valence-corrected chi connectivity index (χ2v) is 4.41. The zero-order valence-electron chi connectivity index (χ0n) is 11.7. The van der Waals surface area contributed by atoms with Gasteiger partial charge in [-0.2, -0.15) is 5.10 Å². The molecule has 0 aliphatic carbocycles. The molecule has 0 aliphatic heterocycles. The zero-order chi connectivity index (χ0) is 13.8. The molecular weight excluding hydrogens is 242 g/mol. The summed E-state index contributed by atoms with van der Waals surface area (Å²) >= 11 is 0. The molecule has 1 atom stereocenters. The normalized spacial score (nSPS) is 12.0. The van der Waals surface area contributed by atoms with E-state index in [1.807, 2.05) is 37.6 Å². The van der Waals surface area contributed by atoms with Crippen molar-refractivity contribution in [1.29, 1.82) is 0 Å². The van der Waals surface area contributed by atoms with Crippen LogP contribution in [0.25, 0.3) is 0 Å². The predicted molar refractivity (Wildman–Crippen MR) is 74.8 cm³/mol. The molecule has 2 aromatic rings. The van der Waals surface area contributed by atoms with E-state index in [4.69, 9.17) is 9.47 Å². The predicted octanol–water partition coefficient (Wildman–Crippen LogP) is 2.61. The Morgan fingerprint density at radius 3 is 2.26 bits per heavy atom. The van der Waals surface area contributed by atoms with Crippen LogP contribution in [-0.2, 0) is 7.05 Å². The fourth-order valence-corrected chi connectivity index (χ4v) is 1.89. The number of nitrogens with zero attached hydrogens (tertiary/aromatic N) is 2. The molecule has 0 radical (unpaired) electrons. The molecule has 0 aliphatic rings. The fraction of sp³-hybridized carbons (Fsp3) is 0.357. The molecule has 0 saturated heterocycles. The molecule has 5 nitrogen and oxygen atoms in total. The molecule has 102 valence electrons. The van der Waals surface area contributed by atoms with Crippen molar-refractivity contribution >= 4 is 5.69 Å². The minimum Gasteiger partial charge on any atom is -0.497 e. The summed E-state index contributed by atoms with van der Waals surface area (Å²) in [6, 6.07) is 5.88. The molecule has 5 heteroatoms. The molecule has 2 rings (SSSR count). The van der Waals surface area contributed by atoms with Crippen LogP contribution < -0.4 is 14.8 Å².